The molecule has 2 heterocycles. The molecule has 0 bridgehead atoms. The lowest BCUT2D eigenvalue weighted by molar-refractivity contribution is 0.251. The van der Waals surface area contributed by atoms with Crippen molar-refractivity contribution in [3.05, 3.63) is 75.9 Å². The average molecular weight is 476 g/mol. The lowest BCUT2D eigenvalue weighted by Gasteiger charge is -2.37. The quantitative estimate of drug-likeness (QED) is 0.673. The Labute approximate surface area is 205 Å². The van der Waals surface area contributed by atoms with E-state index < -0.39 is 0 Å². The Morgan fingerprint density at radius 1 is 0.943 bits per heavy atom. The summed E-state index contributed by atoms with van der Waals surface area (Å²) in [6.07, 6.45) is 2.04. The first-order valence-corrected chi connectivity index (χ1v) is 11.1. The molecule has 8 heteroatoms. The molecule has 0 amide bonds. The van der Waals surface area contributed by atoms with Crippen LogP contribution in [0.4, 0.5) is 0 Å². The number of rotatable bonds is 6. The smallest absolute Gasteiger partial charge is 0.205 e. The van der Waals surface area contributed by atoms with Crippen LogP contribution in [0.25, 0.3) is 6.08 Å². The standard InChI is InChI=1S/C27H29N3O5/c1-30-14-18(10-16-6-8-21(31-2)23(11-16)33-4)26-20(15-30)25(19(13-28)27(29)35-26)17-7-9-22(32-3)24(12-17)34-5/h6-12,25H,14-15,29H2,1-5H3/b18-10+/t25-/m0/s1. The Balaban J connectivity index is 1.85. The van der Waals surface area contributed by atoms with Crippen molar-refractivity contribution >= 4 is 6.08 Å². The van der Waals surface area contributed by atoms with E-state index in [2.05, 4.69) is 11.0 Å². The topological polar surface area (TPSA) is 99.2 Å². The molecule has 0 fully saturated rings. The fraction of sp³-hybridized carbons (Fsp3) is 0.296. The van der Waals surface area contributed by atoms with Gasteiger partial charge < -0.3 is 29.4 Å². The minimum Gasteiger partial charge on any atom is -0.493 e. The van der Waals surface area contributed by atoms with Gasteiger partial charge in [-0.15, -0.1) is 0 Å². The van der Waals surface area contributed by atoms with Crippen LogP contribution in [-0.4, -0.2) is 53.5 Å². The van der Waals surface area contributed by atoms with Gasteiger partial charge in [0, 0.05) is 18.7 Å². The largest absolute Gasteiger partial charge is 0.493 e. The summed E-state index contributed by atoms with van der Waals surface area (Å²) in [5.74, 6) is 2.91. The molecule has 0 aliphatic carbocycles. The zero-order valence-corrected chi connectivity index (χ0v) is 20.5. The van der Waals surface area contributed by atoms with E-state index in [0.717, 1.165) is 22.3 Å². The molecule has 182 valence electrons. The number of hydrogen-bond acceptors (Lipinski definition) is 8. The van der Waals surface area contributed by atoms with E-state index in [9.17, 15) is 5.26 Å². The van der Waals surface area contributed by atoms with Crippen LogP contribution in [0.1, 0.15) is 17.0 Å². The summed E-state index contributed by atoms with van der Waals surface area (Å²) in [4.78, 5) is 2.18. The molecule has 0 spiro atoms. The van der Waals surface area contributed by atoms with E-state index in [-0.39, 0.29) is 11.8 Å². The van der Waals surface area contributed by atoms with Gasteiger partial charge in [-0.3, -0.25) is 4.90 Å². The fourth-order valence-electron chi connectivity index (χ4n) is 4.60. The van der Waals surface area contributed by atoms with Crippen molar-refractivity contribution < 1.29 is 23.7 Å². The molecule has 2 N–H and O–H groups in total. The summed E-state index contributed by atoms with van der Waals surface area (Å²) in [5, 5.41) is 9.98. The molecule has 4 rings (SSSR count). The fourth-order valence-corrected chi connectivity index (χ4v) is 4.60. The SMILES string of the molecule is COc1ccc(/C=C2\CN(C)CC3=C2OC(N)=C(C#N)[C@@H]3c2ccc(OC)c(OC)c2)cc1OC. The molecule has 0 saturated carbocycles. The minimum atomic E-state index is -0.375. The molecule has 35 heavy (non-hydrogen) atoms. The maximum atomic E-state index is 9.98. The monoisotopic (exact) mass is 475 g/mol. The molecule has 0 saturated heterocycles. The number of benzene rings is 2. The lowest BCUT2D eigenvalue weighted by atomic mass is 9.80. The molecule has 2 aromatic carbocycles. The second-order valence-corrected chi connectivity index (χ2v) is 8.35. The molecule has 2 aromatic rings. The predicted octanol–water partition coefficient (Wildman–Crippen LogP) is 3.81. The molecule has 2 aliphatic heterocycles. The van der Waals surface area contributed by atoms with Crippen LogP contribution in [0.2, 0.25) is 0 Å². The summed E-state index contributed by atoms with van der Waals surface area (Å²) < 4.78 is 27.8. The molecular weight excluding hydrogens is 446 g/mol. The van der Waals surface area contributed by atoms with Crippen molar-refractivity contribution in [2.24, 2.45) is 5.73 Å². The van der Waals surface area contributed by atoms with E-state index in [0.29, 0.717) is 47.4 Å². The summed E-state index contributed by atoms with van der Waals surface area (Å²) in [6, 6.07) is 13.6. The minimum absolute atomic E-state index is 0.105. The highest BCUT2D eigenvalue weighted by Gasteiger charge is 2.37. The third kappa shape index (κ3) is 4.51. The first kappa shape index (κ1) is 24.0. The first-order chi connectivity index (χ1) is 16.9. The Hall–Kier alpha value is -4.09. The molecule has 8 nitrogen and oxygen atoms in total. The molecule has 0 radical (unpaired) electrons. The third-order valence-corrected chi connectivity index (χ3v) is 6.19. The van der Waals surface area contributed by atoms with Gasteiger partial charge in [-0.25, -0.2) is 0 Å². The van der Waals surface area contributed by atoms with Crippen molar-refractivity contribution in [2.75, 3.05) is 48.6 Å². The summed E-state index contributed by atoms with van der Waals surface area (Å²) in [7, 11) is 8.42. The number of hydrogen-bond donors (Lipinski definition) is 1. The van der Waals surface area contributed by atoms with Gasteiger partial charge in [0.2, 0.25) is 5.88 Å². The first-order valence-electron chi connectivity index (χ1n) is 11.1. The maximum absolute atomic E-state index is 9.98. The number of nitriles is 1. The average Bonchev–Trinajstić information content (AvgIpc) is 2.87. The molecular formula is C27H29N3O5. The highest BCUT2D eigenvalue weighted by molar-refractivity contribution is 5.65. The maximum Gasteiger partial charge on any atom is 0.205 e. The Bertz CT molecular complexity index is 1270. The van der Waals surface area contributed by atoms with Gasteiger partial charge in [0.15, 0.2) is 23.0 Å². The van der Waals surface area contributed by atoms with E-state index >= 15 is 0 Å². The van der Waals surface area contributed by atoms with Gasteiger partial charge in [-0.1, -0.05) is 12.1 Å². The van der Waals surface area contributed by atoms with Gasteiger partial charge in [-0.05, 0) is 54.1 Å². The summed E-state index contributed by atoms with van der Waals surface area (Å²) >= 11 is 0. The number of nitrogens with zero attached hydrogens (tertiary/aromatic N) is 2. The number of allylic oxidation sites excluding steroid dienone is 1. The highest BCUT2D eigenvalue weighted by Crippen LogP contribution is 2.45. The normalized spacial score (nSPS) is 19.1. The van der Waals surface area contributed by atoms with Crippen LogP contribution in [-0.2, 0) is 4.74 Å². The van der Waals surface area contributed by atoms with Gasteiger partial charge in [-0.2, -0.15) is 5.26 Å². The van der Waals surface area contributed by atoms with Gasteiger partial charge in [0.05, 0.1) is 34.4 Å². The van der Waals surface area contributed by atoms with Crippen LogP contribution in [0, 0.1) is 11.3 Å². The number of nitrogens with two attached hydrogens (primary N) is 1. The second-order valence-electron chi connectivity index (χ2n) is 8.35. The Kier molecular flexibility index (Phi) is 6.90. The van der Waals surface area contributed by atoms with Crippen LogP contribution in [0.15, 0.2) is 64.8 Å². The molecule has 1 atom stereocenters. The predicted molar refractivity (Wildman–Crippen MR) is 132 cm³/mol. The van der Waals surface area contributed by atoms with Crippen molar-refractivity contribution in [2.45, 2.75) is 5.92 Å². The molecule has 2 aliphatic rings. The highest BCUT2D eigenvalue weighted by atomic mass is 16.5. The van der Waals surface area contributed by atoms with Gasteiger partial charge in [0.1, 0.15) is 17.4 Å². The van der Waals surface area contributed by atoms with Crippen LogP contribution in [0.5, 0.6) is 23.0 Å². The molecule has 0 aromatic heterocycles. The third-order valence-electron chi connectivity index (χ3n) is 6.19. The van der Waals surface area contributed by atoms with Crippen molar-refractivity contribution in [1.82, 2.24) is 4.90 Å². The van der Waals surface area contributed by atoms with Gasteiger partial charge in [0.25, 0.3) is 0 Å². The summed E-state index contributed by atoms with van der Waals surface area (Å²) in [5.41, 5.74) is 10.4. The number of likely N-dealkylation sites (N-methyl/N-ethyl adjacent to an activating group) is 1. The van der Waals surface area contributed by atoms with Crippen LogP contribution in [0.3, 0.4) is 0 Å². The lowest BCUT2D eigenvalue weighted by Crippen LogP contribution is -2.35. The molecule has 0 unspecified atom stereocenters. The van der Waals surface area contributed by atoms with E-state index in [1.54, 1.807) is 28.4 Å². The van der Waals surface area contributed by atoms with Crippen molar-refractivity contribution in [3.63, 3.8) is 0 Å². The van der Waals surface area contributed by atoms with Crippen LogP contribution >= 0.6 is 0 Å². The van der Waals surface area contributed by atoms with Crippen LogP contribution < -0.4 is 24.7 Å². The van der Waals surface area contributed by atoms with E-state index in [1.165, 1.54) is 0 Å². The zero-order chi connectivity index (χ0) is 25.1. The Morgan fingerprint density at radius 3 is 2.20 bits per heavy atom. The van der Waals surface area contributed by atoms with Crippen molar-refractivity contribution in [1.29, 1.82) is 5.26 Å². The van der Waals surface area contributed by atoms with Gasteiger partial charge >= 0.3 is 0 Å². The summed E-state index contributed by atoms with van der Waals surface area (Å²) in [6.45, 7) is 1.27. The zero-order valence-electron chi connectivity index (χ0n) is 20.5. The second kappa shape index (κ2) is 10.0. The van der Waals surface area contributed by atoms with E-state index in [1.807, 2.05) is 49.5 Å². The van der Waals surface area contributed by atoms with Crippen molar-refractivity contribution in [3.8, 4) is 29.1 Å². The number of methoxy groups -OCH3 is 4. The Morgan fingerprint density at radius 2 is 1.57 bits per heavy atom. The van der Waals surface area contributed by atoms with E-state index in [4.69, 9.17) is 29.4 Å². The number of ether oxygens (including phenoxy) is 5.